The summed E-state index contributed by atoms with van der Waals surface area (Å²) >= 11 is 7.36. The molecule has 26 heavy (non-hydrogen) atoms. The highest BCUT2D eigenvalue weighted by molar-refractivity contribution is 7.14. The Kier molecular flexibility index (Phi) is 4.36. The third-order valence-corrected chi connectivity index (χ3v) is 4.99. The molecule has 0 aliphatic heterocycles. The maximum atomic E-state index is 12.6. The Morgan fingerprint density at radius 2 is 2.12 bits per heavy atom. The zero-order valence-corrected chi connectivity index (χ0v) is 15.3. The number of hydrogen-bond donors (Lipinski definition) is 2. The van der Waals surface area contributed by atoms with Crippen LogP contribution in [-0.2, 0) is 0 Å². The second kappa shape index (κ2) is 6.82. The van der Waals surface area contributed by atoms with Gasteiger partial charge in [-0.3, -0.25) is 10.1 Å². The van der Waals surface area contributed by atoms with E-state index >= 15 is 0 Å². The molecule has 4 aromatic rings. The maximum absolute atomic E-state index is 12.6. The van der Waals surface area contributed by atoms with Crippen LogP contribution >= 0.6 is 22.9 Å². The van der Waals surface area contributed by atoms with Gasteiger partial charge in [0.05, 0.1) is 18.4 Å². The fourth-order valence-electron chi connectivity index (χ4n) is 2.76. The number of aromatic amines is 1. The smallest absolute Gasteiger partial charge is 0.261 e. The molecule has 0 unspecified atom stereocenters. The minimum Gasteiger partial charge on any atom is -0.496 e. The Balaban J connectivity index is 1.61. The standard InChI is InChI=1S/C19H14ClN3O2S/c1-25-17-7-6-11(20)8-13(17)18(24)23-19-22-16(10-26-19)14-9-21-15-5-3-2-4-12(14)15/h2-10,21H,1H3,(H,22,23,24). The Morgan fingerprint density at radius 1 is 1.27 bits per heavy atom. The second-order valence-electron chi connectivity index (χ2n) is 5.58. The van der Waals surface area contributed by atoms with Crippen molar-refractivity contribution in [2.24, 2.45) is 0 Å². The number of fused-ring (bicyclic) bond motifs is 1. The molecular weight excluding hydrogens is 370 g/mol. The molecule has 0 aliphatic rings. The number of nitrogens with zero attached hydrogens (tertiary/aromatic N) is 1. The number of methoxy groups -OCH3 is 1. The van der Waals surface area contributed by atoms with Crippen molar-refractivity contribution in [3.8, 4) is 17.0 Å². The van der Waals surface area contributed by atoms with E-state index < -0.39 is 0 Å². The number of carbonyl (C=O) groups excluding carboxylic acids is 1. The number of halogens is 1. The SMILES string of the molecule is COc1ccc(Cl)cc1C(=O)Nc1nc(-c2c[nH]c3ccccc23)cs1. The summed E-state index contributed by atoms with van der Waals surface area (Å²) in [5.74, 6) is 0.143. The third kappa shape index (κ3) is 3.05. The number of thiazole rings is 1. The minimum absolute atomic E-state index is 0.316. The number of anilines is 1. The number of hydrogen-bond acceptors (Lipinski definition) is 4. The van der Waals surface area contributed by atoms with Crippen LogP contribution in [0, 0.1) is 0 Å². The zero-order chi connectivity index (χ0) is 18.1. The largest absolute Gasteiger partial charge is 0.496 e. The number of aromatic nitrogens is 2. The summed E-state index contributed by atoms with van der Waals surface area (Å²) < 4.78 is 5.23. The van der Waals surface area contributed by atoms with Crippen molar-refractivity contribution in [3.63, 3.8) is 0 Å². The van der Waals surface area contributed by atoms with E-state index in [0.29, 0.717) is 21.5 Å². The highest BCUT2D eigenvalue weighted by Crippen LogP contribution is 2.31. The van der Waals surface area contributed by atoms with E-state index in [4.69, 9.17) is 16.3 Å². The van der Waals surface area contributed by atoms with E-state index in [1.807, 2.05) is 35.8 Å². The highest BCUT2D eigenvalue weighted by atomic mass is 35.5. The summed E-state index contributed by atoms with van der Waals surface area (Å²) in [6.07, 6.45) is 1.92. The molecular formula is C19H14ClN3O2S. The number of para-hydroxylation sites is 1. The lowest BCUT2D eigenvalue weighted by Gasteiger charge is -2.08. The van der Waals surface area contributed by atoms with Crippen LogP contribution in [0.1, 0.15) is 10.4 Å². The van der Waals surface area contributed by atoms with E-state index in [9.17, 15) is 4.79 Å². The van der Waals surface area contributed by atoms with Crippen LogP contribution in [0.25, 0.3) is 22.2 Å². The van der Waals surface area contributed by atoms with Crippen LogP contribution in [0.2, 0.25) is 5.02 Å². The van der Waals surface area contributed by atoms with Crippen LogP contribution < -0.4 is 10.1 Å². The number of carbonyl (C=O) groups is 1. The van der Waals surface area contributed by atoms with E-state index in [2.05, 4.69) is 15.3 Å². The van der Waals surface area contributed by atoms with Gasteiger partial charge in [0.15, 0.2) is 5.13 Å². The van der Waals surface area contributed by atoms with E-state index in [1.165, 1.54) is 18.4 Å². The average molecular weight is 384 g/mol. The third-order valence-electron chi connectivity index (χ3n) is 4.00. The van der Waals surface area contributed by atoms with Crippen molar-refractivity contribution in [1.29, 1.82) is 0 Å². The van der Waals surface area contributed by atoms with Crippen LogP contribution in [0.3, 0.4) is 0 Å². The summed E-state index contributed by atoms with van der Waals surface area (Å²) in [5, 5.41) is 6.80. The molecule has 0 aliphatic carbocycles. The second-order valence-corrected chi connectivity index (χ2v) is 6.88. The number of nitrogens with one attached hydrogen (secondary N) is 2. The number of ether oxygens (including phenoxy) is 1. The summed E-state index contributed by atoms with van der Waals surface area (Å²) in [6.45, 7) is 0. The van der Waals surface area contributed by atoms with E-state index in [0.717, 1.165) is 22.2 Å². The van der Waals surface area contributed by atoms with Gasteiger partial charge in [0.1, 0.15) is 5.75 Å². The van der Waals surface area contributed by atoms with Gasteiger partial charge in [-0.05, 0) is 24.3 Å². The predicted molar refractivity (Wildman–Crippen MR) is 105 cm³/mol. The van der Waals surface area contributed by atoms with Gasteiger partial charge in [0.2, 0.25) is 0 Å². The zero-order valence-electron chi connectivity index (χ0n) is 13.7. The molecule has 0 saturated heterocycles. The van der Waals surface area contributed by atoms with Gasteiger partial charge >= 0.3 is 0 Å². The Bertz CT molecular complexity index is 1100. The number of rotatable bonds is 4. The van der Waals surface area contributed by atoms with Crippen LogP contribution in [-0.4, -0.2) is 23.0 Å². The molecule has 130 valence electrons. The molecule has 5 nitrogen and oxygen atoms in total. The van der Waals surface area contributed by atoms with Crippen LogP contribution in [0.4, 0.5) is 5.13 Å². The number of benzene rings is 2. The van der Waals surface area contributed by atoms with Gasteiger partial charge in [-0.25, -0.2) is 4.98 Å². The fourth-order valence-corrected chi connectivity index (χ4v) is 3.64. The van der Waals surface area contributed by atoms with Gasteiger partial charge in [-0.2, -0.15) is 0 Å². The topological polar surface area (TPSA) is 67.0 Å². The first-order valence-electron chi connectivity index (χ1n) is 7.82. The molecule has 0 bridgehead atoms. The fraction of sp³-hybridized carbons (Fsp3) is 0.0526. The highest BCUT2D eigenvalue weighted by Gasteiger charge is 2.16. The van der Waals surface area contributed by atoms with Crippen LogP contribution in [0.15, 0.2) is 54.0 Å². The Labute approximate surface area is 158 Å². The molecule has 0 atom stereocenters. The molecule has 0 saturated carbocycles. The molecule has 4 rings (SSSR count). The molecule has 2 heterocycles. The molecule has 0 radical (unpaired) electrons. The van der Waals surface area contributed by atoms with E-state index in [1.54, 1.807) is 18.2 Å². The monoisotopic (exact) mass is 383 g/mol. The summed E-state index contributed by atoms with van der Waals surface area (Å²) in [5.41, 5.74) is 3.21. The molecule has 2 N–H and O–H groups in total. The minimum atomic E-state index is -0.316. The maximum Gasteiger partial charge on any atom is 0.261 e. The predicted octanol–water partition coefficient (Wildman–Crippen LogP) is 5.21. The van der Waals surface area contributed by atoms with Crippen molar-refractivity contribution in [1.82, 2.24) is 9.97 Å². The van der Waals surface area contributed by atoms with Gasteiger partial charge < -0.3 is 9.72 Å². The summed E-state index contributed by atoms with van der Waals surface area (Å²) in [6, 6.07) is 12.9. The van der Waals surface area contributed by atoms with Gasteiger partial charge in [0.25, 0.3) is 5.91 Å². The normalized spacial score (nSPS) is 10.8. The molecule has 0 fully saturated rings. The van der Waals surface area contributed by atoms with Crippen molar-refractivity contribution in [2.75, 3.05) is 12.4 Å². The molecule has 7 heteroatoms. The van der Waals surface area contributed by atoms with Gasteiger partial charge in [-0.15, -0.1) is 11.3 Å². The van der Waals surface area contributed by atoms with Crippen molar-refractivity contribution >= 4 is 44.9 Å². The number of H-pyrrole nitrogens is 1. The number of amides is 1. The first-order chi connectivity index (χ1) is 12.7. The van der Waals surface area contributed by atoms with Crippen LogP contribution in [0.5, 0.6) is 5.75 Å². The van der Waals surface area contributed by atoms with Crippen molar-refractivity contribution in [3.05, 3.63) is 64.6 Å². The van der Waals surface area contributed by atoms with Gasteiger partial charge in [0, 0.05) is 33.1 Å². The van der Waals surface area contributed by atoms with Gasteiger partial charge in [-0.1, -0.05) is 29.8 Å². The molecule has 2 aromatic carbocycles. The Hall–Kier alpha value is -2.83. The lowest BCUT2D eigenvalue weighted by Crippen LogP contribution is -2.13. The quantitative estimate of drug-likeness (QED) is 0.508. The lowest BCUT2D eigenvalue weighted by molar-refractivity contribution is 0.102. The average Bonchev–Trinajstić information content (AvgIpc) is 3.28. The van der Waals surface area contributed by atoms with E-state index in [-0.39, 0.29) is 5.91 Å². The van der Waals surface area contributed by atoms with Crippen molar-refractivity contribution < 1.29 is 9.53 Å². The summed E-state index contributed by atoms with van der Waals surface area (Å²) in [4.78, 5) is 20.3. The molecule has 0 spiro atoms. The Morgan fingerprint density at radius 3 is 2.96 bits per heavy atom. The summed E-state index contributed by atoms with van der Waals surface area (Å²) in [7, 11) is 1.51. The van der Waals surface area contributed by atoms with Crippen molar-refractivity contribution in [2.45, 2.75) is 0 Å². The first-order valence-corrected chi connectivity index (χ1v) is 9.08. The first kappa shape index (κ1) is 16.6. The molecule has 2 aromatic heterocycles. The molecule has 1 amide bonds. The lowest BCUT2D eigenvalue weighted by atomic mass is 10.1.